The maximum absolute atomic E-state index is 14.1. The third-order valence-electron chi connectivity index (χ3n) is 3.63. The highest BCUT2D eigenvalue weighted by Gasteiger charge is 2.25. The van der Waals surface area contributed by atoms with Gasteiger partial charge in [-0.05, 0) is 38.5 Å². The number of halogens is 1. The Hall–Kier alpha value is -2.54. The number of hydrogen-bond acceptors (Lipinski definition) is 6. The van der Waals surface area contributed by atoms with Crippen molar-refractivity contribution in [1.29, 1.82) is 0 Å². The van der Waals surface area contributed by atoms with E-state index in [1.165, 1.54) is 25.5 Å². The highest BCUT2D eigenvalue weighted by atomic mass is 19.1. The fourth-order valence-corrected chi connectivity index (χ4v) is 2.35. The number of nitrogens with zero attached hydrogens (tertiary/aromatic N) is 1. The van der Waals surface area contributed by atoms with Gasteiger partial charge >= 0.3 is 0 Å². The standard InChI is InChI=1S/C19H22FNO5/c1-19(2,3)26-11-14(23)8-15(18-21-13(9-22)10-25-18)12-5-6-17(24-4)16(20)7-12/h5-7,9-10,15H,8,11H2,1-4H3. The summed E-state index contributed by atoms with van der Waals surface area (Å²) in [5.41, 5.74) is 0.148. The molecule has 140 valence electrons. The summed E-state index contributed by atoms with van der Waals surface area (Å²) in [7, 11) is 1.37. The van der Waals surface area contributed by atoms with Crippen LogP contribution in [0.4, 0.5) is 4.39 Å². The number of oxazole rings is 1. The van der Waals surface area contributed by atoms with Crippen LogP contribution in [0.15, 0.2) is 28.9 Å². The number of aromatic nitrogens is 1. The summed E-state index contributed by atoms with van der Waals surface area (Å²) in [6, 6.07) is 4.37. The highest BCUT2D eigenvalue weighted by Crippen LogP contribution is 2.31. The number of Topliss-reactive ketones (excluding diaryl/α,β-unsaturated/α-hetero) is 1. The minimum absolute atomic E-state index is 0.000654. The molecule has 0 fully saturated rings. The molecule has 1 aromatic heterocycles. The van der Waals surface area contributed by atoms with Crippen LogP contribution in [0.2, 0.25) is 0 Å². The molecule has 6 nitrogen and oxygen atoms in total. The lowest BCUT2D eigenvalue weighted by molar-refractivity contribution is -0.128. The van der Waals surface area contributed by atoms with Gasteiger partial charge in [-0.2, -0.15) is 0 Å². The average Bonchev–Trinajstić information content (AvgIpc) is 3.06. The lowest BCUT2D eigenvalue weighted by Gasteiger charge is -2.20. The molecule has 2 rings (SSSR count). The lowest BCUT2D eigenvalue weighted by Crippen LogP contribution is -2.24. The quantitative estimate of drug-likeness (QED) is 0.668. The van der Waals surface area contributed by atoms with Crippen LogP contribution in [0.1, 0.15) is 55.1 Å². The molecule has 7 heteroatoms. The molecule has 26 heavy (non-hydrogen) atoms. The van der Waals surface area contributed by atoms with Gasteiger partial charge in [0.25, 0.3) is 0 Å². The van der Waals surface area contributed by atoms with E-state index >= 15 is 0 Å². The molecule has 0 N–H and O–H groups in total. The van der Waals surface area contributed by atoms with Crippen LogP contribution in [0.25, 0.3) is 0 Å². The summed E-state index contributed by atoms with van der Waals surface area (Å²) in [5.74, 6) is -1.13. The van der Waals surface area contributed by atoms with Gasteiger partial charge in [0.15, 0.2) is 23.6 Å². The van der Waals surface area contributed by atoms with Crippen LogP contribution in [0.3, 0.4) is 0 Å². The molecular formula is C19H22FNO5. The molecule has 0 spiro atoms. The Morgan fingerprint density at radius 1 is 1.38 bits per heavy atom. The molecule has 0 amide bonds. The fraction of sp³-hybridized carbons (Fsp3) is 0.421. The zero-order valence-corrected chi connectivity index (χ0v) is 15.2. The smallest absolute Gasteiger partial charge is 0.202 e. The SMILES string of the molecule is COc1ccc(C(CC(=O)COC(C)(C)C)c2nc(C=O)co2)cc1F. The minimum Gasteiger partial charge on any atom is -0.494 e. The van der Waals surface area contributed by atoms with Crippen molar-refractivity contribution in [1.82, 2.24) is 4.98 Å². The number of carbonyl (C=O) groups is 2. The first-order valence-corrected chi connectivity index (χ1v) is 8.13. The van der Waals surface area contributed by atoms with E-state index in [0.29, 0.717) is 11.8 Å². The molecule has 1 heterocycles. The van der Waals surface area contributed by atoms with Gasteiger partial charge in [-0.15, -0.1) is 0 Å². The van der Waals surface area contributed by atoms with Crippen molar-refractivity contribution < 1.29 is 27.9 Å². The van der Waals surface area contributed by atoms with Crippen molar-refractivity contribution >= 4 is 12.1 Å². The first kappa shape index (κ1) is 19.8. The monoisotopic (exact) mass is 363 g/mol. The van der Waals surface area contributed by atoms with Crippen molar-refractivity contribution in [3.8, 4) is 5.75 Å². The maximum atomic E-state index is 14.1. The van der Waals surface area contributed by atoms with Gasteiger partial charge < -0.3 is 13.9 Å². The van der Waals surface area contributed by atoms with E-state index in [1.807, 2.05) is 20.8 Å². The van der Waals surface area contributed by atoms with E-state index in [0.717, 1.165) is 0 Å². The van der Waals surface area contributed by atoms with Gasteiger partial charge in [0.1, 0.15) is 18.6 Å². The van der Waals surface area contributed by atoms with Gasteiger partial charge in [-0.3, -0.25) is 9.59 Å². The second-order valence-corrected chi connectivity index (χ2v) is 6.82. The molecule has 0 saturated carbocycles. The topological polar surface area (TPSA) is 78.6 Å². The Labute approximate surface area is 151 Å². The van der Waals surface area contributed by atoms with Crippen LogP contribution in [0.5, 0.6) is 5.75 Å². The van der Waals surface area contributed by atoms with Crippen molar-refractivity contribution in [2.75, 3.05) is 13.7 Å². The third kappa shape index (κ3) is 5.23. The Morgan fingerprint density at radius 2 is 2.12 bits per heavy atom. The number of ether oxygens (including phenoxy) is 2. The van der Waals surface area contributed by atoms with Crippen molar-refractivity contribution in [2.45, 2.75) is 38.7 Å². The molecule has 0 aliphatic carbocycles. The van der Waals surface area contributed by atoms with Gasteiger partial charge in [0.2, 0.25) is 5.89 Å². The number of aldehydes is 1. The first-order chi connectivity index (χ1) is 12.2. The summed E-state index contributed by atoms with van der Waals surface area (Å²) >= 11 is 0. The number of hydrogen-bond donors (Lipinski definition) is 0. The maximum Gasteiger partial charge on any atom is 0.202 e. The Balaban J connectivity index is 2.28. The molecule has 1 atom stereocenters. The molecule has 2 aromatic rings. The average molecular weight is 363 g/mol. The number of carbonyl (C=O) groups excluding carboxylic acids is 2. The second kappa shape index (κ2) is 8.23. The summed E-state index contributed by atoms with van der Waals surface area (Å²) in [6.07, 6.45) is 1.75. The normalized spacial score (nSPS) is 12.7. The summed E-state index contributed by atoms with van der Waals surface area (Å²) in [6.45, 7) is 5.46. The number of ketones is 1. The van der Waals surface area contributed by atoms with Gasteiger partial charge in [-0.1, -0.05) is 6.07 Å². The zero-order valence-electron chi connectivity index (χ0n) is 15.2. The highest BCUT2D eigenvalue weighted by molar-refractivity contribution is 5.81. The predicted octanol–water partition coefficient (Wildman–Crippen LogP) is 3.54. The minimum atomic E-state index is -0.639. The molecular weight excluding hydrogens is 341 g/mol. The number of rotatable bonds is 8. The van der Waals surface area contributed by atoms with Crippen molar-refractivity contribution in [3.63, 3.8) is 0 Å². The zero-order chi connectivity index (χ0) is 19.3. The van der Waals surface area contributed by atoms with E-state index < -0.39 is 17.3 Å². The predicted molar refractivity (Wildman–Crippen MR) is 92.0 cm³/mol. The molecule has 0 saturated heterocycles. The van der Waals surface area contributed by atoms with Gasteiger partial charge in [0.05, 0.1) is 18.6 Å². The molecule has 0 radical (unpaired) electrons. The Morgan fingerprint density at radius 3 is 2.65 bits per heavy atom. The van der Waals surface area contributed by atoms with Crippen LogP contribution in [-0.4, -0.2) is 36.4 Å². The summed E-state index contributed by atoms with van der Waals surface area (Å²) < 4.78 is 29.8. The van der Waals surface area contributed by atoms with Crippen molar-refractivity contribution in [3.05, 3.63) is 47.4 Å². The molecule has 0 aliphatic heterocycles. The van der Waals surface area contributed by atoms with Crippen LogP contribution < -0.4 is 4.74 Å². The largest absolute Gasteiger partial charge is 0.494 e. The van der Waals surface area contributed by atoms with E-state index in [9.17, 15) is 14.0 Å². The summed E-state index contributed by atoms with van der Waals surface area (Å²) in [4.78, 5) is 27.3. The molecule has 1 aromatic carbocycles. The Kier molecular flexibility index (Phi) is 6.26. The number of methoxy groups -OCH3 is 1. The molecule has 1 unspecified atom stereocenters. The van der Waals surface area contributed by atoms with E-state index in [1.54, 1.807) is 6.07 Å². The van der Waals surface area contributed by atoms with Gasteiger partial charge in [-0.25, -0.2) is 9.37 Å². The molecule has 0 bridgehead atoms. The number of benzene rings is 1. The van der Waals surface area contributed by atoms with E-state index in [-0.39, 0.29) is 36.1 Å². The Bertz CT molecular complexity index is 778. The van der Waals surface area contributed by atoms with Crippen LogP contribution >= 0.6 is 0 Å². The van der Waals surface area contributed by atoms with E-state index in [4.69, 9.17) is 13.9 Å². The second-order valence-electron chi connectivity index (χ2n) is 6.82. The van der Waals surface area contributed by atoms with Gasteiger partial charge in [0, 0.05) is 6.42 Å². The molecule has 0 aliphatic rings. The first-order valence-electron chi connectivity index (χ1n) is 8.13. The third-order valence-corrected chi connectivity index (χ3v) is 3.63. The van der Waals surface area contributed by atoms with Crippen LogP contribution in [-0.2, 0) is 9.53 Å². The fourth-order valence-electron chi connectivity index (χ4n) is 2.35. The van der Waals surface area contributed by atoms with Crippen molar-refractivity contribution in [2.24, 2.45) is 0 Å². The van der Waals surface area contributed by atoms with Crippen LogP contribution in [0, 0.1) is 5.82 Å². The lowest BCUT2D eigenvalue weighted by atomic mass is 9.93. The van der Waals surface area contributed by atoms with E-state index in [2.05, 4.69) is 4.98 Å². The summed E-state index contributed by atoms with van der Waals surface area (Å²) in [5, 5.41) is 0.